The van der Waals surface area contributed by atoms with E-state index in [4.69, 9.17) is 10.8 Å². The highest BCUT2D eigenvalue weighted by Gasteiger charge is 2.29. The van der Waals surface area contributed by atoms with Crippen LogP contribution in [0.1, 0.15) is 72.5 Å². The van der Waals surface area contributed by atoms with E-state index >= 15 is 0 Å². The highest BCUT2D eigenvalue weighted by atomic mass is 16.2. The minimum absolute atomic E-state index is 0.0156. The number of nitrogens with two attached hydrogens (primary N) is 1. The first-order valence-electron chi connectivity index (χ1n) is 12.9. The Balaban J connectivity index is 1.41. The van der Waals surface area contributed by atoms with E-state index in [1.807, 2.05) is 15.6 Å². The molecular weight excluding hydrogens is 466 g/mol. The van der Waals surface area contributed by atoms with Crippen molar-refractivity contribution in [3.05, 3.63) is 53.3 Å². The number of aromatic nitrogens is 4. The SMILES string of the molecule is CC#CC(=O)N1CCC[C@H](n2nc(-c3cnn(Cc4cccc(C5CC5)c4)c3)c(C(N)=O)c2NC)CC1. The molecule has 0 bridgehead atoms. The van der Waals surface area contributed by atoms with E-state index in [-0.39, 0.29) is 11.9 Å². The molecule has 1 saturated carbocycles. The van der Waals surface area contributed by atoms with Gasteiger partial charge in [0.1, 0.15) is 17.1 Å². The number of anilines is 1. The third-order valence-electron chi connectivity index (χ3n) is 7.21. The summed E-state index contributed by atoms with van der Waals surface area (Å²) in [5.74, 6) is 5.92. The second kappa shape index (κ2) is 10.5. The number of nitrogens with one attached hydrogen (secondary N) is 1. The maximum absolute atomic E-state index is 12.6. The zero-order chi connectivity index (χ0) is 25.9. The summed E-state index contributed by atoms with van der Waals surface area (Å²) < 4.78 is 3.74. The second-order valence-electron chi connectivity index (χ2n) is 9.83. The third kappa shape index (κ3) is 5.24. The molecule has 2 aromatic heterocycles. The van der Waals surface area contributed by atoms with E-state index in [1.54, 1.807) is 25.1 Å². The Kier molecular flexibility index (Phi) is 6.99. The van der Waals surface area contributed by atoms with E-state index in [2.05, 4.69) is 46.5 Å². The molecule has 0 unspecified atom stereocenters. The van der Waals surface area contributed by atoms with Crippen molar-refractivity contribution in [2.45, 2.75) is 57.5 Å². The lowest BCUT2D eigenvalue weighted by molar-refractivity contribution is -0.125. The van der Waals surface area contributed by atoms with Crippen molar-refractivity contribution < 1.29 is 9.59 Å². The molecule has 1 aliphatic carbocycles. The van der Waals surface area contributed by atoms with Gasteiger partial charge in [0.25, 0.3) is 11.8 Å². The number of hydrogen-bond acceptors (Lipinski definition) is 5. The Hall–Kier alpha value is -4.06. The van der Waals surface area contributed by atoms with Gasteiger partial charge in [-0.3, -0.25) is 14.3 Å². The minimum atomic E-state index is -0.542. The van der Waals surface area contributed by atoms with Crippen LogP contribution in [-0.4, -0.2) is 56.4 Å². The largest absolute Gasteiger partial charge is 0.373 e. The van der Waals surface area contributed by atoms with Crippen LogP contribution in [0.4, 0.5) is 5.82 Å². The van der Waals surface area contributed by atoms with Crippen LogP contribution in [0, 0.1) is 11.8 Å². The fraction of sp³-hybridized carbons (Fsp3) is 0.429. The number of likely N-dealkylation sites (tertiary alicyclic amines) is 1. The summed E-state index contributed by atoms with van der Waals surface area (Å²) in [4.78, 5) is 26.7. The average Bonchev–Trinajstić information content (AvgIpc) is 3.59. The molecule has 2 aliphatic rings. The van der Waals surface area contributed by atoms with Crippen molar-refractivity contribution in [1.82, 2.24) is 24.5 Å². The standard InChI is InChI=1S/C28H33N7O2/c1-3-6-24(36)33-13-5-9-23(12-14-33)35-28(30-2)25(27(29)37)26(32-35)22-16-31-34(18-22)17-19-7-4-8-21(15-19)20-10-11-20/h4,7-8,15-16,18,20,23,30H,5,9-14,17H2,1-2H3,(H2,29,37)/t23-/m0/s1. The fourth-order valence-electron chi connectivity index (χ4n) is 5.21. The van der Waals surface area contributed by atoms with Crippen molar-refractivity contribution >= 4 is 17.6 Å². The van der Waals surface area contributed by atoms with Crippen molar-refractivity contribution in [2.75, 3.05) is 25.5 Å². The number of rotatable bonds is 7. The quantitative estimate of drug-likeness (QED) is 0.484. The number of carbonyl (C=O) groups excluding carboxylic acids is 2. The van der Waals surface area contributed by atoms with E-state index < -0.39 is 5.91 Å². The number of carbonyl (C=O) groups is 2. The molecule has 1 saturated heterocycles. The van der Waals surface area contributed by atoms with Crippen LogP contribution in [0.15, 0.2) is 36.7 Å². The lowest BCUT2D eigenvalue weighted by Gasteiger charge is -2.19. The molecule has 9 nitrogen and oxygen atoms in total. The molecule has 2 fully saturated rings. The van der Waals surface area contributed by atoms with Gasteiger partial charge in [-0.15, -0.1) is 0 Å². The number of amides is 2. The first-order valence-corrected chi connectivity index (χ1v) is 12.9. The van der Waals surface area contributed by atoms with Gasteiger partial charge in [-0.25, -0.2) is 4.68 Å². The van der Waals surface area contributed by atoms with Crippen molar-refractivity contribution in [1.29, 1.82) is 0 Å². The molecule has 1 atom stereocenters. The second-order valence-corrected chi connectivity index (χ2v) is 9.83. The van der Waals surface area contributed by atoms with Gasteiger partial charge in [0.15, 0.2) is 0 Å². The molecule has 2 amide bonds. The lowest BCUT2D eigenvalue weighted by Crippen LogP contribution is -2.31. The summed E-state index contributed by atoms with van der Waals surface area (Å²) in [5.41, 5.74) is 10.1. The van der Waals surface area contributed by atoms with Gasteiger partial charge in [0, 0.05) is 31.9 Å². The Morgan fingerprint density at radius 1 is 1.19 bits per heavy atom. The molecule has 37 heavy (non-hydrogen) atoms. The molecule has 3 heterocycles. The van der Waals surface area contributed by atoms with Gasteiger partial charge >= 0.3 is 0 Å². The van der Waals surface area contributed by atoms with Gasteiger partial charge in [-0.2, -0.15) is 10.2 Å². The van der Waals surface area contributed by atoms with E-state index in [1.165, 1.54) is 24.0 Å². The van der Waals surface area contributed by atoms with E-state index in [0.717, 1.165) is 18.4 Å². The zero-order valence-electron chi connectivity index (χ0n) is 21.4. The molecule has 9 heteroatoms. The van der Waals surface area contributed by atoms with Crippen LogP contribution in [-0.2, 0) is 11.3 Å². The van der Waals surface area contributed by atoms with Gasteiger partial charge in [0.2, 0.25) is 0 Å². The normalized spacial score (nSPS) is 17.6. The van der Waals surface area contributed by atoms with Crippen LogP contribution in [0.2, 0.25) is 0 Å². The Bertz CT molecular complexity index is 1370. The maximum Gasteiger partial charge on any atom is 0.298 e. The number of benzene rings is 1. The van der Waals surface area contributed by atoms with E-state index in [0.29, 0.717) is 49.0 Å². The van der Waals surface area contributed by atoms with Crippen molar-refractivity contribution in [3.8, 4) is 23.1 Å². The predicted octanol–water partition coefficient (Wildman–Crippen LogP) is 3.39. The Labute approximate surface area is 217 Å². The van der Waals surface area contributed by atoms with Crippen LogP contribution < -0.4 is 11.1 Å². The molecule has 1 aromatic carbocycles. The number of hydrogen-bond donors (Lipinski definition) is 2. The summed E-state index contributed by atoms with van der Waals surface area (Å²) >= 11 is 0. The maximum atomic E-state index is 12.6. The molecule has 3 aromatic rings. The molecular formula is C28H33N7O2. The summed E-state index contributed by atoms with van der Waals surface area (Å²) in [6.45, 7) is 3.55. The monoisotopic (exact) mass is 499 g/mol. The number of primary amides is 1. The van der Waals surface area contributed by atoms with Gasteiger partial charge in [-0.1, -0.05) is 30.2 Å². The molecule has 5 rings (SSSR count). The molecule has 3 N–H and O–H groups in total. The van der Waals surface area contributed by atoms with Crippen LogP contribution in [0.25, 0.3) is 11.3 Å². The highest BCUT2D eigenvalue weighted by molar-refractivity contribution is 6.03. The van der Waals surface area contributed by atoms with Crippen LogP contribution in [0.3, 0.4) is 0 Å². The van der Waals surface area contributed by atoms with Crippen molar-refractivity contribution in [2.24, 2.45) is 5.73 Å². The fourth-order valence-corrected chi connectivity index (χ4v) is 5.21. The van der Waals surface area contributed by atoms with Crippen LogP contribution >= 0.6 is 0 Å². The topological polar surface area (TPSA) is 111 Å². The first-order chi connectivity index (χ1) is 18.0. The van der Waals surface area contributed by atoms with Gasteiger partial charge in [0.05, 0.1) is 18.8 Å². The summed E-state index contributed by atoms with van der Waals surface area (Å²) in [7, 11) is 1.77. The van der Waals surface area contributed by atoms with Gasteiger partial charge < -0.3 is 16.0 Å². The summed E-state index contributed by atoms with van der Waals surface area (Å²) in [6.07, 6.45) is 8.55. The molecule has 0 radical (unpaired) electrons. The minimum Gasteiger partial charge on any atom is -0.373 e. The summed E-state index contributed by atoms with van der Waals surface area (Å²) in [6, 6.07) is 8.69. The first kappa shape index (κ1) is 24.6. The highest BCUT2D eigenvalue weighted by Crippen LogP contribution is 2.40. The van der Waals surface area contributed by atoms with Crippen LogP contribution in [0.5, 0.6) is 0 Å². The molecule has 1 aliphatic heterocycles. The predicted molar refractivity (Wildman–Crippen MR) is 142 cm³/mol. The zero-order valence-corrected chi connectivity index (χ0v) is 21.4. The molecule has 192 valence electrons. The Morgan fingerprint density at radius 3 is 2.76 bits per heavy atom. The molecule has 0 spiro atoms. The van der Waals surface area contributed by atoms with Crippen molar-refractivity contribution in [3.63, 3.8) is 0 Å². The lowest BCUT2D eigenvalue weighted by atomic mass is 10.1. The van der Waals surface area contributed by atoms with E-state index in [9.17, 15) is 9.59 Å². The third-order valence-corrected chi connectivity index (χ3v) is 7.21. The smallest absolute Gasteiger partial charge is 0.298 e. The van der Waals surface area contributed by atoms with Gasteiger partial charge in [-0.05, 0) is 62.0 Å². The average molecular weight is 500 g/mol. The number of nitrogens with zero attached hydrogens (tertiary/aromatic N) is 5. The summed E-state index contributed by atoms with van der Waals surface area (Å²) in [5, 5.41) is 12.6. The Morgan fingerprint density at radius 2 is 2.03 bits per heavy atom.